The first-order chi connectivity index (χ1) is 28.7. The Morgan fingerprint density at radius 2 is 0.845 bits per heavy atom. The van der Waals surface area contributed by atoms with Gasteiger partial charge in [-0.3, -0.25) is 0 Å². The molecule has 0 aliphatic carbocycles. The van der Waals surface area contributed by atoms with Gasteiger partial charge in [-0.15, -0.1) is 0 Å². The van der Waals surface area contributed by atoms with E-state index in [-0.39, 0.29) is 0 Å². The topological polar surface area (TPSA) is 34.5 Å². The minimum Gasteiger partial charge on any atom is -0.456 e. The van der Waals surface area contributed by atoms with Crippen LogP contribution in [0.25, 0.3) is 93.6 Å². The molecule has 0 N–H and O–H groups in total. The van der Waals surface area contributed by atoms with Crippen LogP contribution >= 0.6 is 0 Å². The second-order valence-corrected chi connectivity index (χ2v) is 14.9. The molecule has 0 amide bonds. The molecular formula is C54H34N2O2. The molecule has 0 aliphatic rings. The molecule has 4 nitrogen and oxygen atoms in total. The van der Waals surface area contributed by atoms with Crippen LogP contribution in [-0.2, 0) is 0 Å². The number of nitrogens with zero attached hydrogens (tertiary/aromatic N) is 2. The summed E-state index contributed by atoms with van der Waals surface area (Å²) in [6.07, 6.45) is 0. The van der Waals surface area contributed by atoms with Crippen LogP contribution in [0.5, 0.6) is 0 Å². The molecule has 3 aromatic heterocycles. The van der Waals surface area contributed by atoms with E-state index in [1.54, 1.807) is 0 Å². The standard InChI is InChI=1S/C54H34N2O2/c1-2-11-35(12-3-1)36-21-26-39(27-22-36)55(41-30-31-45-43-14-5-8-19-51(43)57-53(45)34-41)40-28-23-37(24-29-40)38-25-32-49-47(33-38)42-13-4-7-17-48(42)56(49)50-18-10-16-46-44-15-6-9-20-52(44)58-54(46)50/h1-34H. The van der Waals surface area contributed by atoms with E-state index in [4.69, 9.17) is 8.83 Å². The van der Waals surface area contributed by atoms with Crippen molar-refractivity contribution in [1.29, 1.82) is 0 Å². The zero-order valence-electron chi connectivity index (χ0n) is 31.3. The molecule has 0 spiro atoms. The van der Waals surface area contributed by atoms with Crippen LogP contribution in [0, 0.1) is 0 Å². The monoisotopic (exact) mass is 742 g/mol. The van der Waals surface area contributed by atoms with Gasteiger partial charge in [-0.05, 0) is 95.1 Å². The minimum absolute atomic E-state index is 0.866. The van der Waals surface area contributed by atoms with Gasteiger partial charge in [0.25, 0.3) is 0 Å². The van der Waals surface area contributed by atoms with Gasteiger partial charge in [0.15, 0.2) is 5.58 Å². The van der Waals surface area contributed by atoms with Crippen molar-refractivity contribution in [3.05, 3.63) is 206 Å². The molecule has 12 aromatic rings. The van der Waals surface area contributed by atoms with Gasteiger partial charge in [0.1, 0.15) is 16.7 Å². The maximum Gasteiger partial charge on any atom is 0.159 e. The number of rotatable bonds is 6. The molecule has 0 saturated heterocycles. The zero-order valence-corrected chi connectivity index (χ0v) is 31.3. The van der Waals surface area contributed by atoms with Crippen LogP contribution in [0.2, 0.25) is 0 Å². The fraction of sp³-hybridized carbons (Fsp3) is 0. The maximum absolute atomic E-state index is 6.52. The molecule has 0 unspecified atom stereocenters. The summed E-state index contributed by atoms with van der Waals surface area (Å²) < 4.78 is 15.2. The Morgan fingerprint density at radius 1 is 0.310 bits per heavy atom. The van der Waals surface area contributed by atoms with Gasteiger partial charge in [0.2, 0.25) is 0 Å². The minimum atomic E-state index is 0.866. The third-order valence-corrected chi connectivity index (χ3v) is 11.6. The predicted octanol–water partition coefficient (Wildman–Crippen LogP) is 15.4. The van der Waals surface area contributed by atoms with Crippen LogP contribution in [0.3, 0.4) is 0 Å². The van der Waals surface area contributed by atoms with Crippen molar-refractivity contribution in [2.75, 3.05) is 4.90 Å². The van der Waals surface area contributed by atoms with Gasteiger partial charge < -0.3 is 18.3 Å². The number of fused-ring (bicyclic) bond motifs is 9. The molecule has 3 heterocycles. The van der Waals surface area contributed by atoms with Gasteiger partial charge in [-0.2, -0.15) is 0 Å². The summed E-state index contributed by atoms with van der Waals surface area (Å²) in [5, 5.41) is 6.89. The van der Waals surface area contributed by atoms with Crippen LogP contribution in [0.4, 0.5) is 17.1 Å². The highest BCUT2D eigenvalue weighted by Gasteiger charge is 2.19. The van der Waals surface area contributed by atoms with Gasteiger partial charge in [0, 0.05) is 55.4 Å². The van der Waals surface area contributed by atoms with Crippen molar-refractivity contribution < 1.29 is 8.83 Å². The second kappa shape index (κ2) is 12.9. The quantitative estimate of drug-likeness (QED) is 0.170. The van der Waals surface area contributed by atoms with Crippen molar-refractivity contribution in [2.24, 2.45) is 0 Å². The van der Waals surface area contributed by atoms with Crippen LogP contribution < -0.4 is 4.90 Å². The molecular weight excluding hydrogens is 709 g/mol. The van der Waals surface area contributed by atoms with Crippen molar-refractivity contribution in [1.82, 2.24) is 4.57 Å². The molecule has 272 valence electrons. The Hall–Kier alpha value is -7.82. The first-order valence-corrected chi connectivity index (χ1v) is 19.7. The number of hydrogen-bond acceptors (Lipinski definition) is 3. The molecule has 12 rings (SSSR count). The summed E-state index contributed by atoms with van der Waals surface area (Å²) >= 11 is 0. The molecule has 4 heteroatoms. The Labute approximate surface area is 334 Å². The lowest BCUT2D eigenvalue weighted by molar-refractivity contribution is 0.666. The number of hydrogen-bond donors (Lipinski definition) is 0. The lowest BCUT2D eigenvalue weighted by Gasteiger charge is -2.26. The number of furan rings is 2. The average Bonchev–Trinajstić information content (AvgIpc) is 3.96. The Kier molecular flexibility index (Phi) is 7.20. The fourth-order valence-corrected chi connectivity index (χ4v) is 8.86. The molecule has 0 aliphatic heterocycles. The molecule has 0 fully saturated rings. The highest BCUT2D eigenvalue weighted by atomic mass is 16.3. The number of benzene rings is 9. The molecule has 9 aromatic carbocycles. The van der Waals surface area contributed by atoms with Gasteiger partial charge in [0.05, 0.1) is 16.7 Å². The molecule has 0 atom stereocenters. The SMILES string of the molecule is c1ccc(-c2ccc(N(c3ccc(-c4ccc5c(c4)c4ccccc4n5-c4cccc5c4oc4ccccc45)cc3)c3ccc4c(c3)oc3ccccc34)cc2)cc1. The van der Waals surface area contributed by atoms with Gasteiger partial charge in [-0.1, -0.05) is 127 Å². The summed E-state index contributed by atoms with van der Waals surface area (Å²) in [7, 11) is 0. The molecule has 0 saturated carbocycles. The lowest BCUT2D eigenvalue weighted by atomic mass is 10.0. The highest BCUT2D eigenvalue weighted by Crippen LogP contribution is 2.42. The van der Waals surface area contributed by atoms with Gasteiger partial charge >= 0.3 is 0 Å². The Bertz CT molecular complexity index is 3500. The third-order valence-electron chi connectivity index (χ3n) is 11.6. The number of anilines is 3. The number of para-hydroxylation sites is 4. The van der Waals surface area contributed by atoms with E-state index in [9.17, 15) is 0 Å². The van der Waals surface area contributed by atoms with E-state index in [2.05, 4.69) is 191 Å². The summed E-state index contributed by atoms with van der Waals surface area (Å²) in [5.41, 5.74) is 14.7. The highest BCUT2D eigenvalue weighted by molar-refractivity contribution is 6.13. The lowest BCUT2D eigenvalue weighted by Crippen LogP contribution is -2.09. The average molecular weight is 743 g/mol. The number of aromatic nitrogens is 1. The van der Waals surface area contributed by atoms with Crippen molar-refractivity contribution in [2.45, 2.75) is 0 Å². The first kappa shape index (κ1) is 32.4. The Balaban J connectivity index is 0.962. The van der Waals surface area contributed by atoms with E-state index >= 15 is 0 Å². The second-order valence-electron chi connectivity index (χ2n) is 14.9. The Morgan fingerprint density at radius 3 is 1.60 bits per heavy atom. The summed E-state index contributed by atoms with van der Waals surface area (Å²) in [6, 6.07) is 73.2. The summed E-state index contributed by atoms with van der Waals surface area (Å²) in [6.45, 7) is 0. The predicted molar refractivity (Wildman–Crippen MR) is 241 cm³/mol. The fourth-order valence-electron chi connectivity index (χ4n) is 8.86. The first-order valence-electron chi connectivity index (χ1n) is 19.7. The van der Waals surface area contributed by atoms with E-state index in [0.29, 0.717) is 0 Å². The zero-order chi connectivity index (χ0) is 38.2. The van der Waals surface area contributed by atoms with Gasteiger partial charge in [-0.25, -0.2) is 0 Å². The molecule has 0 bridgehead atoms. The van der Waals surface area contributed by atoms with Crippen LogP contribution in [0.1, 0.15) is 0 Å². The molecule has 58 heavy (non-hydrogen) atoms. The third kappa shape index (κ3) is 5.09. The largest absolute Gasteiger partial charge is 0.456 e. The normalized spacial score (nSPS) is 11.8. The van der Waals surface area contributed by atoms with Crippen LogP contribution in [0.15, 0.2) is 215 Å². The van der Waals surface area contributed by atoms with E-state index < -0.39 is 0 Å². The van der Waals surface area contributed by atoms with Crippen molar-refractivity contribution >= 4 is 82.7 Å². The van der Waals surface area contributed by atoms with E-state index in [0.717, 1.165) is 88.8 Å². The van der Waals surface area contributed by atoms with Crippen molar-refractivity contribution in [3.63, 3.8) is 0 Å². The van der Waals surface area contributed by atoms with Crippen LogP contribution in [-0.4, -0.2) is 4.57 Å². The van der Waals surface area contributed by atoms with E-state index in [1.165, 1.54) is 21.9 Å². The summed E-state index contributed by atoms with van der Waals surface area (Å²) in [5.74, 6) is 0. The smallest absolute Gasteiger partial charge is 0.159 e. The van der Waals surface area contributed by atoms with Crippen molar-refractivity contribution in [3.8, 4) is 27.9 Å². The molecule has 0 radical (unpaired) electrons. The summed E-state index contributed by atoms with van der Waals surface area (Å²) in [4.78, 5) is 2.31. The maximum atomic E-state index is 6.52. The van der Waals surface area contributed by atoms with E-state index in [1.807, 2.05) is 24.3 Å².